The predicted molar refractivity (Wildman–Crippen MR) is 286 cm³/mol. The number of benzene rings is 4. The molecule has 0 fully saturated rings. The minimum absolute atomic E-state index is 0.0754. The van der Waals surface area contributed by atoms with Crippen molar-refractivity contribution in [1.82, 2.24) is 21.3 Å². The van der Waals surface area contributed by atoms with Gasteiger partial charge >= 0.3 is 24.1 Å². The number of aromatic hydroxyl groups is 1. The molecule has 0 bridgehead atoms. The van der Waals surface area contributed by atoms with Crippen molar-refractivity contribution in [2.75, 3.05) is 39.6 Å². The fourth-order valence-corrected chi connectivity index (χ4v) is 6.46. The Kier molecular flexibility index (Phi) is 28.2. The van der Waals surface area contributed by atoms with Gasteiger partial charge in [0.25, 0.3) is 0 Å². The number of phenols is 1. The Hall–Kier alpha value is -7.51. The lowest BCUT2D eigenvalue weighted by Crippen LogP contribution is -2.47. The topological polar surface area (TPSA) is 248 Å². The van der Waals surface area contributed by atoms with Gasteiger partial charge in [0.2, 0.25) is 17.8 Å². The van der Waals surface area contributed by atoms with E-state index >= 15 is 0 Å². The fourth-order valence-electron chi connectivity index (χ4n) is 6.46. The van der Waals surface area contributed by atoms with Crippen LogP contribution in [0.2, 0.25) is 0 Å². The van der Waals surface area contributed by atoms with Crippen molar-refractivity contribution in [2.45, 2.75) is 130 Å². The number of hydrogen-bond acceptors (Lipinski definition) is 15. The number of rotatable bonds is 26. The zero-order valence-corrected chi connectivity index (χ0v) is 45.1. The number of amides is 4. The number of ether oxygens (including phenoxy) is 7. The molecule has 0 saturated heterocycles. The SMILES string of the molecule is CCCOCCC(=O)N[C@@H](Cc1ccc(O)cc1)C(=O)OCc1ccccc1.CCCOCCC(=O)N[C@@H](Cc1ccc(OCCN=C(NC(=O)OC(C)(C)C)NC(=O)OC(C)(C)C)cc1)C(=O)OCc1ccccc1. The Bertz CT molecular complexity index is 2360. The van der Waals surface area contributed by atoms with Crippen molar-refractivity contribution < 1.29 is 67.0 Å². The zero-order chi connectivity index (χ0) is 55.8. The van der Waals surface area contributed by atoms with Crippen LogP contribution < -0.4 is 26.0 Å². The number of hydrogen-bond donors (Lipinski definition) is 5. The molecule has 76 heavy (non-hydrogen) atoms. The Morgan fingerprint density at radius 1 is 0.526 bits per heavy atom. The molecular formula is C57H77N5O14. The summed E-state index contributed by atoms with van der Waals surface area (Å²) >= 11 is 0. The lowest BCUT2D eigenvalue weighted by Gasteiger charge is -2.22. The number of alkyl carbamates (subject to hydrolysis) is 2. The summed E-state index contributed by atoms with van der Waals surface area (Å²) in [6.45, 7) is 16.4. The largest absolute Gasteiger partial charge is 0.508 e. The number of esters is 2. The van der Waals surface area contributed by atoms with E-state index in [-0.39, 0.29) is 82.2 Å². The van der Waals surface area contributed by atoms with Crippen molar-refractivity contribution >= 4 is 41.9 Å². The van der Waals surface area contributed by atoms with E-state index in [4.69, 9.17) is 33.2 Å². The quantitative estimate of drug-likeness (QED) is 0.0131. The maximum atomic E-state index is 13.0. The molecule has 4 amide bonds. The van der Waals surface area contributed by atoms with Gasteiger partial charge in [-0.1, -0.05) is 98.8 Å². The first-order chi connectivity index (χ1) is 36.2. The van der Waals surface area contributed by atoms with Crippen LogP contribution in [0.1, 0.15) is 103 Å². The minimum atomic E-state index is -0.901. The first-order valence-electron chi connectivity index (χ1n) is 25.4. The lowest BCUT2D eigenvalue weighted by atomic mass is 10.1. The van der Waals surface area contributed by atoms with Crippen LogP contribution in [-0.4, -0.2) is 110 Å². The van der Waals surface area contributed by atoms with Crippen LogP contribution in [0.4, 0.5) is 9.59 Å². The maximum absolute atomic E-state index is 13.0. The first-order valence-corrected chi connectivity index (χ1v) is 25.4. The van der Waals surface area contributed by atoms with E-state index in [1.807, 2.05) is 74.5 Å². The smallest absolute Gasteiger partial charge is 0.414 e. The van der Waals surface area contributed by atoms with Crippen LogP contribution in [0.15, 0.2) is 114 Å². The highest BCUT2D eigenvalue weighted by atomic mass is 16.6. The van der Waals surface area contributed by atoms with E-state index in [0.717, 1.165) is 35.1 Å². The number of nitrogens with zero attached hydrogens (tertiary/aromatic N) is 1. The molecule has 19 nitrogen and oxygen atoms in total. The zero-order valence-electron chi connectivity index (χ0n) is 45.1. The normalized spacial score (nSPS) is 11.7. The average molecular weight is 1060 g/mol. The van der Waals surface area contributed by atoms with E-state index in [1.165, 1.54) is 0 Å². The molecule has 2 atom stereocenters. The number of carbonyl (C=O) groups excluding carboxylic acids is 6. The fraction of sp³-hybridized carbons (Fsp3) is 0.456. The summed E-state index contributed by atoms with van der Waals surface area (Å²) in [5.74, 6) is -1.11. The lowest BCUT2D eigenvalue weighted by molar-refractivity contribution is -0.149. The van der Waals surface area contributed by atoms with Gasteiger partial charge in [-0.3, -0.25) is 20.2 Å². The molecule has 0 radical (unpaired) electrons. The first kappa shape index (κ1) is 62.8. The summed E-state index contributed by atoms with van der Waals surface area (Å²) < 4.78 is 37.9. The van der Waals surface area contributed by atoms with E-state index in [2.05, 4.69) is 26.3 Å². The van der Waals surface area contributed by atoms with Gasteiger partial charge in [-0.25, -0.2) is 24.2 Å². The van der Waals surface area contributed by atoms with Gasteiger partial charge in [0.15, 0.2) is 0 Å². The van der Waals surface area contributed by atoms with Crippen LogP contribution >= 0.6 is 0 Å². The number of guanidine groups is 1. The maximum Gasteiger partial charge on any atom is 0.414 e. The van der Waals surface area contributed by atoms with Gasteiger partial charge in [0, 0.05) is 38.9 Å². The van der Waals surface area contributed by atoms with Crippen molar-refractivity contribution in [3.05, 3.63) is 131 Å². The summed E-state index contributed by atoms with van der Waals surface area (Å²) in [4.78, 5) is 79.2. The molecule has 4 aromatic carbocycles. The van der Waals surface area contributed by atoms with Gasteiger partial charge in [-0.2, -0.15) is 0 Å². The highest BCUT2D eigenvalue weighted by Gasteiger charge is 2.25. The molecule has 0 aromatic heterocycles. The number of carbonyl (C=O) groups is 6. The van der Waals surface area contributed by atoms with Crippen LogP contribution in [0, 0.1) is 0 Å². The Morgan fingerprint density at radius 3 is 1.33 bits per heavy atom. The Morgan fingerprint density at radius 2 is 0.934 bits per heavy atom. The molecular weight excluding hydrogens is 979 g/mol. The van der Waals surface area contributed by atoms with Crippen molar-refractivity contribution in [3.63, 3.8) is 0 Å². The van der Waals surface area contributed by atoms with E-state index in [1.54, 1.807) is 90.1 Å². The van der Waals surface area contributed by atoms with Crippen LogP contribution in [0.5, 0.6) is 11.5 Å². The second-order valence-electron chi connectivity index (χ2n) is 19.2. The molecule has 0 unspecified atom stereocenters. The van der Waals surface area contributed by atoms with Gasteiger partial charge < -0.3 is 48.9 Å². The van der Waals surface area contributed by atoms with Gasteiger partial charge in [0.1, 0.15) is 54.6 Å². The Labute approximate surface area is 446 Å². The van der Waals surface area contributed by atoms with Crippen LogP contribution in [0.3, 0.4) is 0 Å². The number of aliphatic imine (C=N–C) groups is 1. The second-order valence-corrected chi connectivity index (χ2v) is 19.2. The summed E-state index contributed by atoms with van der Waals surface area (Å²) in [5.41, 5.74) is 1.78. The van der Waals surface area contributed by atoms with E-state index in [9.17, 15) is 33.9 Å². The average Bonchev–Trinajstić information content (AvgIpc) is 3.36. The molecule has 0 aliphatic carbocycles. The standard InChI is InChI=1S/C35H50N4O9.C22H27NO5/c1-8-20-44-21-18-29(40)37-28(30(41)46-24-26-12-10-9-11-13-26)23-25-14-16-27(17-15-25)45-22-19-36-31(38-32(42)47-34(2,3)4)39-33(43)48-35(5,6)7;1-2-13-27-14-12-21(25)23-20(15-17-8-10-19(24)11-9-17)22(26)28-16-18-6-4-3-5-7-18/h9-17,28H,8,18-24H2,1-7H3,(H,37,40)(H2,36,38,39,42,43);3-11,20,24H,2,12-16H2,1H3,(H,23,25)/t28-;20-/m00/s1. The monoisotopic (exact) mass is 1060 g/mol. The third-order valence-corrected chi connectivity index (χ3v) is 9.94. The van der Waals surface area contributed by atoms with Gasteiger partial charge in [0.05, 0.1) is 19.8 Å². The molecule has 5 N–H and O–H groups in total. The molecule has 414 valence electrons. The highest BCUT2D eigenvalue weighted by molar-refractivity contribution is 6.01. The number of phenolic OH excluding ortho intramolecular Hbond substituents is 1. The summed E-state index contributed by atoms with van der Waals surface area (Å²) in [7, 11) is 0. The van der Waals surface area contributed by atoms with Crippen LogP contribution in [0.25, 0.3) is 0 Å². The predicted octanol–water partition coefficient (Wildman–Crippen LogP) is 8.04. The van der Waals surface area contributed by atoms with E-state index in [0.29, 0.717) is 25.6 Å². The highest BCUT2D eigenvalue weighted by Crippen LogP contribution is 2.16. The van der Waals surface area contributed by atoms with Crippen LogP contribution in [-0.2, 0) is 73.7 Å². The summed E-state index contributed by atoms with van der Waals surface area (Å²) in [5, 5.41) is 19.8. The Balaban J connectivity index is 0.000000459. The molecule has 4 aromatic rings. The second kappa shape index (κ2) is 34.1. The molecule has 0 aliphatic rings. The minimum Gasteiger partial charge on any atom is -0.508 e. The molecule has 19 heteroatoms. The summed E-state index contributed by atoms with van der Waals surface area (Å²) in [6, 6.07) is 30.5. The summed E-state index contributed by atoms with van der Waals surface area (Å²) in [6.07, 6.45) is 0.926. The molecule has 0 heterocycles. The van der Waals surface area contributed by atoms with Crippen molar-refractivity contribution in [1.29, 1.82) is 0 Å². The van der Waals surface area contributed by atoms with Gasteiger partial charge in [-0.15, -0.1) is 0 Å². The number of nitrogens with one attached hydrogen (secondary N) is 4. The van der Waals surface area contributed by atoms with Crippen molar-refractivity contribution in [3.8, 4) is 11.5 Å². The van der Waals surface area contributed by atoms with E-state index < -0.39 is 47.4 Å². The molecule has 0 spiro atoms. The molecule has 0 aliphatic heterocycles. The molecule has 4 rings (SSSR count). The third-order valence-electron chi connectivity index (χ3n) is 9.94. The third kappa shape index (κ3) is 28.8. The molecule has 0 saturated carbocycles. The van der Waals surface area contributed by atoms with Gasteiger partial charge in [-0.05, 0) is 101 Å². The van der Waals surface area contributed by atoms with Crippen molar-refractivity contribution in [2.24, 2.45) is 4.99 Å².